The normalized spacial score (nSPS) is 10.6. The van der Waals surface area contributed by atoms with Gasteiger partial charge < -0.3 is 10.3 Å². The number of rotatable bonds is 3. The fraction of sp³-hybridized carbons (Fsp3) is 0.118. The first-order valence-corrected chi connectivity index (χ1v) is 7.66. The first-order valence-electron chi connectivity index (χ1n) is 7.28. The van der Waals surface area contributed by atoms with Crippen molar-refractivity contribution in [3.8, 4) is 5.69 Å². The number of nitrogens with zero attached hydrogens (tertiary/aromatic N) is 2. The summed E-state index contributed by atoms with van der Waals surface area (Å²) >= 11 is 6.16. The maximum Gasteiger partial charge on any atom is 0.255 e. The molecule has 2 aromatic heterocycles. The van der Waals surface area contributed by atoms with Crippen LogP contribution in [0.3, 0.4) is 0 Å². The number of aromatic amines is 1. The lowest BCUT2D eigenvalue weighted by atomic mass is 10.2. The topological polar surface area (TPSA) is 79.8 Å². The molecule has 3 rings (SSSR count). The number of hydrogen-bond acceptors (Lipinski definition) is 3. The molecule has 2 N–H and O–H groups in total. The minimum atomic E-state index is -0.357. The molecule has 0 aliphatic rings. The van der Waals surface area contributed by atoms with Crippen molar-refractivity contribution in [3.05, 3.63) is 74.9 Å². The van der Waals surface area contributed by atoms with Crippen molar-refractivity contribution in [2.45, 2.75) is 13.8 Å². The van der Waals surface area contributed by atoms with Gasteiger partial charge in [-0.1, -0.05) is 11.6 Å². The standard InChI is InChI=1S/C17H15ClN4O2/c1-10-16(18)11(2)22(21-10)13-5-3-12(4-6-13)17(24)20-14-9-19-8-7-15(14)23/h3-9H,1-2H3,(H,19,23)(H,20,24). The van der Waals surface area contributed by atoms with E-state index in [1.54, 1.807) is 28.9 Å². The lowest BCUT2D eigenvalue weighted by molar-refractivity contribution is 0.102. The number of hydrogen-bond donors (Lipinski definition) is 2. The predicted octanol–water partition coefficient (Wildman–Crippen LogP) is 3.08. The van der Waals surface area contributed by atoms with Gasteiger partial charge in [-0.15, -0.1) is 0 Å². The van der Waals surface area contributed by atoms with Crippen LogP contribution in [0.15, 0.2) is 47.5 Å². The van der Waals surface area contributed by atoms with Gasteiger partial charge in [-0.3, -0.25) is 9.59 Å². The third-order valence-corrected chi connectivity index (χ3v) is 4.20. The minimum absolute atomic E-state index is 0.205. The molecule has 0 atom stereocenters. The summed E-state index contributed by atoms with van der Waals surface area (Å²) < 4.78 is 1.72. The van der Waals surface area contributed by atoms with Crippen LogP contribution in [0.2, 0.25) is 5.02 Å². The third-order valence-electron chi connectivity index (χ3n) is 3.65. The average Bonchev–Trinajstić information content (AvgIpc) is 2.84. The van der Waals surface area contributed by atoms with Crippen molar-refractivity contribution >= 4 is 23.2 Å². The van der Waals surface area contributed by atoms with Gasteiger partial charge in [-0.2, -0.15) is 5.10 Å². The number of amides is 1. The van der Waals surface area contributed by atoms with E-state index in [-0.39, 0.29) is 17.0 Å². The summed E-state index contributed by atoms with van der Waals surface area (Å²) in [7, 11) is 0. The van der Waals surface area contributed by atoms with Crippen LogP contribution < -0.4 is 10.7 Å². The van der Waals surface area contributed by atoms with Crippen molar-refractivity contribution in [1.82, 2.24) is 14.8 Å². The van der Waals surface area contributed by atoms with E-state index in [0.29, 0.717) is 10.6 Å². The first kappa shape index (κ1) is 16.0. The highest BCUT2D eigenvalue weighted by molar-refractivity contribution is 6.31. The quantitative estimate of drug-likeness (QED) is 0.767. The van der Waals surface area contributed by atoms with Crippen molar-refractivity contribution < 1.29 is 4.79 Å². The van der Waals surface area contributed by atoms with Gasteiger partial charge >= 0.3 is 0 Å². The van der Waals surface area contributed by atoms with Gasteiger partial charge in [-0.05, 0) is 38.1 Å². The summed E-state index contributed by atoms with van der Waals surface area (Å²) in [5.74, 6) is -0.357. The van der Waals surface area contributed by atoms with Gasteiger partial charge in [0.2, 0.25) is 5.43 Å². The molecule has 0 aliphatic heterocycles. The molecule has 122 valence electrons. The predicted molar refractivity (Wildman–Crippen MR) is 93.1 cm³/mol. The van der Waals surface area contributed by atoms with Crippen molar-refractivity contribution in [2.75, 3.05) is 5.32 Å². The fourth-order valence-corrected chi connectivity index (χ4v) is 2.46. The SMILES string of the molecule is Cc1nn(-c2ccc(C(=O)Nc3c[nH]ccc3=O)cc2)c(C)c1Cl. The Balaban J connectivity index is 1.84. The zero-order chi connectivity index (χ0) is 17.3. The summed E-state index contributed by atoms with van der Waals surface area (Å²) in [4.78, 5) is 26.6. The molecule has 0 fully saturated rings. The highest BCUT2D eigenvalue weighted by Gasteiger charge is 2.12. The molecule has 7 heteroatoms. The fourth-order valence-electron chi connectivity index (χ4n) is 2.34. The first-order chi connectivity index (χ1) is 11.5. The van der Waals surface area contributed by atoms with Crippen LogP contribution in [0.1, 0.15) is 21.7 Å². The maximum absolute atomic E-state index is 12.2. The monoisotopic (exact) mass is 342 g/mol. The molecule has 1 amide bonds. The Morgan fingerprint density at radius 3 is 2.50 bits per heavy atom. The smallest absolute Gasteiger partial charge is 0.255 e. The van der Waals surface area contributed by atoms with Crippen LogP contribution >= 0.6 is 11.6 Å². The molecule has 0 saturated carbocycles. The molecule has 2 heterocycles. The van der Waals surface area contributed by atoms with Crippen LogP contribution in [0, 0.1) is 13.8 Å². The van der Waals surface area contributed by atoms with Gasteiger partial charge in [0.15, 0.2) is 0 Å². The van der Waals surface area contributed by atoms with Crippen molar-refractivity contribution in [1.29, 1.82) is 0 Å². The second-order valence-corrected chi connectivity index (χ2v) is 5.70. The second kappa shape index (κ2) is 6.33. The van der Waals surface area contributed by atoms with E-state index in [1.165, 1.54) is 18.5 Å². The number of anilines is 1. The summed E-state index contributed by atoms with van der Waals surface area (Å²) in [6, 6.07) is 8.25. The molecule has 0 unspecified atom stereocenters. The molecular formula is C17H15ClN4O2. The molecule has 0 aliphatic carbocycles. The van der Waals surface area contributed by atoms with E-state index in [0.717, 1.165) is 17.1 Å². The average molecular weight is 343 g/mol. The largest absolute Gasteiger partial charge is 0.366 e. The highest BCUT2D eigenvalue weighted by Crippen LogP contribution is 2.22. The summed E-state index contributed by atoms with van der Waals surface area (Å²) in [6.45, 7) is 3.72. The third kappa shape index (κ3) is 2.96. The van der Waals surface area contributed by atoms with E-state index < -0.39 is 0 Å². The van der Waals surface area contributed by atoms with Crippen LogP contribution in [0.25, 0.3) is 5.69 Å². The Kier molecular flexibility index (Phi) is 4.22. The number of aryl methyl sites for hydroxylation is 1. The number of carbonyl (C=O) groups is 1. The molecule has 24 heavy (non-hydrogen) atoms. The van der Waals surface area contributed by atoms with Gasteiger partial charge in [-0.25, -0.2) is 4.68 Å². The van der Waals surface area contributed by atoms with Crippen LogP contribution in [0.5, 0.6) is 0 Å². The van der Waals surface area contributed by atoms with E-state index >= 15 is 0 Å². The molecule has 0 saturated heterocycles. The number of halogens is 1. The van der Waals surface area contributed by atoms with Crippen LogP contribution in [-0.4, -0.2) is 20.7 Å². The van der Waals surface area contributed by atoms with Gasteiger partial charge in [0.1, 0.15) is 5.69 Å². The number of benzene rings is 1. The van der Waals surface area contributed by atoms with E-state index in [1.807, 2.05) is 13.8 Å². The van der Waals surface area contributed by atoms with Crippen LogP contribution in [-0.2, 0) is 0 Å². The minimum Gasteiger partial charge on any atom is -0.366 e. The Labute approximate surface area is 143 Å². The van der Waals surface area contributed by atoms with E-state index in [9.17, 15) is 9.59 Å². The summed E-state index contributed by atoms with van der Waals surface area (Å²) in [6.07, 6.45) is 2.96. The number of carbonyl (C=O) groups excluding carboxylic acids is 1. The number of H-pyrrole nitrogens is 1. The number of aromatic nitrogens is 3. The van der Waals surface area contributed by atoms with Gasteiger partial charge in [0, 0.05) is 24.0 Å². The van der Waals surface area contributed by atoms with Crippen LogP contribution in [0.4, 0.5) is 5.69 Å². The highest BCUT2D eigenvalue weighted by atomic mass is 35.5. The zero-order valence-corrected chi connectivity index (χ0v) is 13.9. The summed E-state index contributed by atoms with van der Waals surface area (Å²) in [5.41, 5.74) is 2.78. The Bertz CT molecular complexity index is 957. The second-order valence-electron chi connectivity index (χ2n) is 5.32. The molecule has 0 bridgehead atoms. The molecule has 6 nitrogen and oxygen atoms in total. The Morgan fingerprint density at radius 1 is 1.21 bits per heavy atom. The lowest BCUT2D eigenvalue weighted by Crippen LogP contribution is -2.18. The Hall–Kier alpha value is -2.86. The summed E-state index contributed by atoms with van der Waals surface area (Å²) in [5, 5.41) is 7.58. The zero-order valence-electron chi connectivity index (χ0n) is 13.1. The van der Waals surface area contributed by atoms with E-state index in [4.69, 9.17) is 11.6 Å². The number of nitrogens with one attached hydrogen (secondary N) is 2. The molecule has 3 aromatic rings. The molecule has 0 spiro atoms. The lowest BCUT2D eigenvalue weighted by Gasteiger charge is -2.07. The molecular weight excluding hydrogens is 328 g/mol. The Morgan fingerprint density at radius 2 is 1.92 bits per heavy atom. The van der Waals surface area contributed by atoms with Gasteiger partial charge in [0.25, 0.3) is 5.91 Å². The van der Waals surface area contributed by atoms with Gasteiger partial charge in [0.05, 0.1) is 22.1 Å². The molecule has 1 aromatic carbocycles. The van der Waals surface area contributed by atoms with E-state index in [2.05, 4.69) is 15.4 Å². The van der Waals surface area contributed by atoms with Crippen molar-refractivity contribution in [2.24, 2.45) is 0 Å². The maximum atomic E-state index is 12.2. The number of pyridine rings is 1. The molecule has 0 radical (unpaired) electrons. The van der Waals surface area contributed by atoms with Crippen molar-refractivity contribution in [3.63, 3.8) is 0 Å².